The van der Waals surface area contributed by atoms with Gasteiger partial charge in [0.15, 0.2) is 0 Å². The molecular weight excluding hydrogens is 324 g/mol. The minimum atomic E-state index is -0.102. The van der Waals surface area contributed by atoms with Gasteiger partial charge in [0, 0.05) is 30.0 Å². The lowest BCUT2D eigenvalue weighted by Crippen LogP contribution is -3.16. The molecule has 4 aliphatic rings. The van der Waals surface area contributed by atoms with Gasteiger partial charge in [0.25, 0.3) is 0 Å². The van der Waals surface area contributed by atoms with E-state index in [4.69, 9.17) is 0 Å². The Hall–Kier alpha value is -1.78. The number of allylic oxidation sites excluding steroid dienone is 2. The van der Waals surface area contributed by atoms with Crippen LogP contribution >= 0.6 is 0 Å². The molecule has 2 saturated heterocycles. The van der Waals surface area contributed by atoms with Crippen molar-refractivity contribution < 1.29 is 27.2 Å². The van der Waals surface area contributed by atoms with Gasteiger partial charge in [-0.2, -0.15) is 0 Å². The van der Waals surface area contributed by atoms with E-state index in [0.717, 1.165) is 49.2 Å². The van der Waals surface area contributed by atoms with Crippen molar-refractivity contribution in [3.63, 3.8) is 0 Å². The predicted octanol–water partition coefficient (Wildman–Crippen LogP) is -1.85. The molecule has 3 N–H and O–H groups in total. The number of carbonyl (C=O) groups is 1. The molecule has 3 heterocycles. The van der Waals surface area contributed by atoms with Crippen molar-refractivity contribution in [2.75, 3.05) is 18.4 Å². The van der Waals surface area contributed by atoms with Crippen LogP contribution < -0.4 is 22.6 Å². The van der Waals surface area contributed by atoms with Crippen LogP contribution in [0.5, 0.6) is 5.75 Å². The molecule has 4 nitrogen and oxygen atoms in total. The molecule has 5 rings (SSSR count). The monoisotopic (exact) mass is 344 g/mol. The number of nitrogens with one attached hydrogen (secondary N) is 2. The molecule has 4 atom stereocenters. The summed E-state index contributed by atoms with van der Waals surface area (Å²) in [5, 5.41) is 13.8. The van der Waals surface area contributed by atoms with Crippen molar-refractivity contribution in [1.82, 2.24) is 0 Å². The second-order valence-corrected chi connectivity index (χ2v) is 7.28. The normalized spacial score (nSPS) is 36.7. The number of para-hydroxylation sites is 1. The van der Waals surface area contributed by atoms with Crippen molar-refractivity contribution in [3.8, 4) is 5.75 Å². The van der Waals surface area contributed by atoms with Crippen LogP contribution in [0.25, 0.3) is 0 Å². The van der Waals surface area contributed by atoms with Gasteiger partial charge in [-0.1, -0.05) is 18.2 Å². The Morgan fingerprint density at radius 3 is 3.00 bits per heavy atom. The van der Waals surface area contributed by atoms with Gasteiger partial charge in [-0.25, -0.2) is 0 Å². The Morgan fingerprint density at radius 2 is 2.25 bits per heavy atom. The largest absolute Gasteiger partial charge is 1.00 e. The Balaban J connectivity index is 0.00000146. The predicted molar refractivity (Wildman–Crippen MR) is 87.5 cm³/mol. The lowest BCUT2D eigenvalue weighted by Gasteiger charge is -2.45. The van der Waals surface area contributed by atoms with Gasteiger partial charge < -0.3 is 27.7 Å². The number of halogens is 1. The van der Waals surface area contributed by atoms with Crippen molar-refractivity contribution >= 4 is 12.0 Å². The van der Waals surface area contributed by atoms with E-state index in [-0.39, 0.29) is 23.7 Å². The molecular formula is C19H21ClN2O2. The summed E-state index contributed by atoms with van der Waals surface area (Å²) in [6.45, 7) is 4.26. The zero-order valence-corrected chi connectivity index (χ0v) is 14.4. The fraction of sp³-hybridized carbons (Fsp3) is 0.421. The number of carbonyl (C=O) groups excluding carboxylic acids is 1. The van der Waals surface area contributed by atoms with Crippen LogP contribution in [-0.4, -0.2) is 30.5 Å². The third-order valence-corrected chi connectivity index (χ3v) is 6.66. The number of quaternary nitrogens is 1. The Morgan fingerprint density at radius 1 is 1.42 bits per heavy atom. The zero-order valence-electron chi connectivity index (χ0n) is 13.6. The number of phenols is 1. The number of aldehydes is 1. The summed E-state index contributed by atoms with van der Waals surface area (Å²) >= 11 is 0. The fourth-order valence-corrected chi connectivity index (χ4v) is 5.72. The van der Waals surface area contributed by atoms with Crippen LogP contribution in [0.3, 0.4) is 0 Å². The summed E-state index contributed by atoms with van der Waals surface area (Å²) in [6, 6.07) is 6.29. The third-order valence-electron chi connectivity index (χ3n) is 6.66. The van der Waals surface area contributed by atoms with Gasteiger partial charge in [-0.05, 0) is 24.1 Å². The van der Waals surface area contributed by atoms with Crippen molar-refractivity contribution in [2.24, 2.45) is 5.92 Å². The van der Waals surface area contributed by atoms with Crippen LogP contribution in [0.15, 0.2) is 41.1 Å². The summed E-state index contributed by atoms with van der Waals surface area (Å²) in [5.41, 5.74) is 5.27. The lowest BCUT2D eigenvalue weighted by atomic mass is 9.62. The highest BCUT2D eigenvalue weighted by atomic mass is 35.5. The topological polar surface area (TPSA) is 53.8 Å². The van der Waals surface area contributed by atoms with Crippen LogP contribution in [-0.2, 0) is 10.2 Å². The first-order valence-electron chi connectivity index (χ1n) is 8.49. The van der Waals surface area contributed by atoms with E-state index in [1.165, 1.54) is 11.1 Å². The smallest absolute Gasteiger partial charge is 0.148 e. The van der Waals surface area contributed by atoms with Gasteiger partial charge >= 0.3 is 0 Å². The molecule has 2 bridgehead atoms. The van der Waals surface area contributed by atoms with Crippen molar-refractivity contribution in [1.29, 1.82) is 0 Å². The highest BCUT2D eigenvalue weighted by Gasteiger charge is 2.64. The molecule has 2 fully saturated rings. The standard InChI is InChI=1S/C19H20N2O2.ClH/c1-2-11-9-21-7-6-19-14-4-3-5-15(23)17(14)20-18(19)13(10-22)12(11)8-16(19)21;/h2-5,10,12,16,20,23H,6-9H2,1H3;1H/b11-2-;/t12-,16-,19+;/m0./s1. The number of aromatic hydroxyl groups is 1. The molecule has 126 valence electrons. The molecule has 0 aromatic heterocycles. The minimum absolute atomic E-state index is 0. The fourth-order valence-electron chi connectivity index (χ4n) is 5.72. The number of benzene rings is 1. The first-order valence-corrected chi connectivity index (χ1v) is 8.49. The van der Waals surface area contributed by atoms with Gasteiger partial charge in [0.1, 0.15) is 18.1 Å². The zero-order chi connectivity index (χ0) is 15.8. The molecule has 1 unspecified atom stereocenters. The second-order valence-electron chi connectivity index (χ2n) is 7.28. The molecule has 0 radical (unpaired) electrons. The van der Waals surface area contributed by atoms with E-state index in [1.54, 1.807) is 11.0 Å². The van der Waals surface area contributed by atoms with E-state index < -0.39 is 0 Å². The maximum atomic E-state index is 12.0. The Labute approximate surface area is 147 Å². The highest BCUT2D eigenvalue weighted by Crippen LogP contribution is 2.58. The van der Waals surface area contributed by atoms with E-state index in [9.17, 15) is 9.90 Å². The molecule has 1 aromatic carbocycles. The third kappa shape index (κ3) is 1.60. The molecule has 1 spiro atoms. The first kappa shape index (κ1) is 15.7. The van der Waals surface area contributed by atoms with Gasteiger partial charge in [-0.3, -0.25) is 4.79 Å². The molecule has 3 aliphatic heterocycles. The number of anilines is 1. The number of fused-ring (bicyclic) bond motifs is 2. The number of rotatable bonds is 1. The van der Waals surface area contributed by atoms with E-state index in [1.807, 2.05) is 6.07 Å². The second kappa shape index (κ2) is 5.11. The molecule has 0 saturated carbocycles. The van der Waals surface area contributed by atoms with Gasteiger partial charge in [0.05, 0.1) is 24.2 Å². The van der Waals surface area contributed by atoms with E-state index in [2.05, 4.69) is 24.4 Å². The summed E-state index contributed by atoms with van der Waals surface area (Å²) in [5.74, 6) is 0.537. The van der Waals surface area contributed by atoms with Crippen LogP contribution in [0, 0.1) is 5.92 Å². The summed E-state index contributed by atoms with van der Waals surface area (Å²) < 4.78 is 0. The number of hydrogen-bond donors (Lipinski definition) is 3. The molecule has 1 aromatic rings. The van der Waals surface area contributed by atoms with Gasteiger partial charge in [0.2, 0.25) is 0 Å². The van der Waals surface area contributed by atoms with Crippen LogP contribution in [0.4, 0.5) is 5.69 Å². The van der Waals surface area contributed by atoms with Gasteiger partial charge in [-0.15, -0.1) is 0 Å². The lowest BCUT2D eigenvalue weighted by molar-refractivity contribution is -0.914. The Kier molecular flexibility index (Phi) is 3.35. The minimum Gasteiger partial charge on any atom is -1.00 e. The van der Waals surface area contributed by atoms with Crippen LogP contribution in [0.1, 0.15) is 25.3 Å². The van der Waals surface area contributed by atoms with E-state index in [0.29, 0.717) is 11.8 Å². The molecule has 1 aliphatic carbocycles. The maximum absolute atomic E-state index is 12.0. The first-order chi connectivity index (χ1) is 11.2. The summed E-state index contributed by atoms with van der Waals surface area (Å²) in [7, 11) is 0. The average Bonchev–Trinajstić information content (AvgIpc) is 3.12. The van der Waals surface area contributed by atoms with Crippen molar-refractivity contribution in [3.05, 3.63) is 46.7 Å². The Bertz CT molecular complexity index is 801. The highest BCUT2D eigenvalue weighted by molar-refractivity contribution is 5.85. The van der Waals surface area contributed by atoms with E-state index >= 15 is 0 Å². The maximum Gasteiger partial charge on any atom is 0.148 e. The summed E-state index contributed by atoms with van der Waals surface area (Å²) in [4.78, 5) is 13.6. The van der Waals surface area contributed by atoms with Crippen molar-refractivity contribution in [2.45, 2.75) is 31.2 Å². The SMILES string of the molecule is C/C=C1/C[NH+]2CC[C@]34C(=C(C=O)[C@H]1C[C@H]23)Nc1c(O)cccc14.[Cl-]. The molecule has 0 amide bonds. The molecule has 5 heteroatoms. The average molecular weight is 345 g/mol. The number of piperidine rings is 1. The quantitative estimate of drug-likeness (QED) is 0.318. The van der Waals surface area contributed by atoms with Crippen LogP contribution in [0.2, 0.25) is 0 Å². The number of phenolic OH excluding ortho intramolecular Hbond substituents is 1. The summed E-state index contributed by atoms with van der Waals surface area (Å²) in [6.07, 6.45) is 5.35. The number of hydrogen-bond acceptors (Lipinski definition) is 3. The molecule has 24 heavy (non-hydrogen) atoms.